The highest BCUT2D eigenvalue weighted by molar-refractivity contribution is 5.94. The molecule has 3 aromatic carbocycles. The van der Waals surface area contributed by atoms with E-state index >= 15 is 0 Å². The number of piperazine rings is 1. The molecule has 1 fully saturated rings. The second-order valence-electron chi connectivity index (χ2n) is 7.75. The maximum Gasteiger partial charge on any atom is 0.253 e. The van der Waals surface area contributed by atoms with Crippen molar-refractivity contribution in [2.24, 2.45) is 0 Å². The van der Waals surface area contributed by atoms with Gasteiger partial charge in [-0.1, -0.05) is 0 Å². The molecule has 7 heteroatoms. The van der Waals surface area contributed by atoms with Gasteiger partial charge in [-0.25, -0.2) is 4.39 Å². The molecule has 0 bridgehead atoms. The first-order chi connectivity index (χ1) is 16.1. The third-order valence-corrected chi connectivity index (χ3v) is 5.74. The number of nitrogens with zero attached hydrogens (tertiary/aromatic N) is 2. The molecule has 0 N–H and O–H groups in total. The van der Waals surface area contributed by atoms with Gasteiger partial charge in [-0.15, -0.1) is 0 Å². The van der Waals surface area contributed by atoms with E-state index in [0.29, 0.717) is 43.2 Å². The van der Waals surface area contributed by atoms with E-state index in [9.17, 15) is 9.18 Å². The van der Waals surface area contributed by atoms with Crippen molar-refractivity contribution in [1.29, 1.82) is 0 Å². The van der Waals surface area contributed by atoms with Gasteiger partial charge in [-0.3, -0.25) is 4.79 Å². The van der Waals surface area contributed by atoms with Crippen molar-refractivity contribution in [3.8, 4) is 17.2 Å². The lowest BCUT2D eigenvalue weighted by Crippen LogP contribution is -2.48. The van der Waals surface area contributed by atoms with Crippen LogP contribution in [0.5, 0.6) is 17.2 Å². The topological polar surface area (TPSA) is 51.2 Å². The van der Waals surface area contributed by atoms with Crippen LogP contribution in [-0.2, 0) is 6.61 Å². The van der Waals surface area contributed by atoms with Crippen LogP contribution in [0.4, 0.5) is 10.1 Å². The number of carbonyl (C=O) groups excluding carboxylic acids is 1. The summed E-state index contributed by atoms with van der Waals surface area (Å²) in [5.74, 6) is 1.85. The van der Waals surface area contributed by atoms with Gasteiger partial charge in [0.05, 0.1) is 14.2 Å². The van der Waals surface area contributed by atoms with Crippen molar-refractivity contribution in [2.45, 2.75) is 6.61 Å². The van der Waals surface area contributed by atoms with Crippen molar-refractivity contribution in [3.05, 3.63) is 83.7 Å². The van der Waals surface area contributed by atoms with Gasteiger partial charge in [-0.2, -0.15) is 0 Å². The second-order valence-corrected chi connectivity index (χ2v) is 7.75. The van der Waals surface area contributed by atoms with E-state index in [-0.39, 0.29) is 18.3 Å². The molecule has 1 saturated heterocycles. The van der Waals surface area contributed by atoms with Crippen molar-refractivity contribution in [2.75, 3.05) is 45.3 Å². The standard InChI is InChI=1S/C26H27FN2O4/c1-31-23-8-10-24(11-9-23)33-18-20-17-19(3-12-25(20)32-2)26(30)29-15-13-28(14-16-29)22-6-4-21(27)5-7-22/h3-12,17H,13-16,18H2,1-2H3. The maximum atomic E-state index is 13.2. The van der Waals surface area contributed by atoms with Crippen LogP contribution in [0.15, 0.2) is 66.7 Å². The lowest BCUT2D eigenvalue weighted by Gasteiger charge is -2.36. The summed E-state index contributed by atoms with van der Waals surface area (Å²) in [5, 5.41) is 0. The van der Waals surface area contributed by atoms with E-state index in [1.165, 1.54) is 12.1 Å². The lowest BCUT2D eigenvalue weighted by molar-refractivity contribution is 0.0746. The highest BCUT2D eigenvalue weighted by atomic mass is 19.1. The molecule has 0 saturated carbocycles. The number of hydrogen-bond donors (Lipinski definition) is 0. The summed E-state index contributed by atoms with van der Waals surface area (Å²) in [6.07, 6.45) is 0. The molecule has 1 amide bonds. The number of methoxy groups -OCH3 is 2. The Morgan fingerprint density at radius 3 is 2.15 bits per heavy atom. The van der Waals surface area contributed by atoms with Crippen LogP contribution >= 0.6 is 0 Å². The minimum absolute atomic E-state index is 0.0258. The van der Waals surface area contributed by atoms with Crippen molar-refractivity contribution >= 4 is 11.6 Å². The van der Waals surface area contributed by atoms with E-state index < -0.39 is 0 Å². The van der Waals surface area contributed by atoms with E-state index in [1.807, 2.05) is 35.2 Å². The minimum atomic E-state index is -0.251. The summed E-state index contributed by atoms with van der Waals surface area (Å²) in [6.45, 7) is 2.86. The van der Waals surface area contributed by atoms with Gasteiger partial charge in [-0.05, 0) is 66.7 Å². The quantitative estimate of drug-likeness (QED) is 0.535. The molecule has 0 radical (unpaired) electrons. The number of anilines is 1. The molecule has 0 atom stereocenters. The van der Waals surface area contributed by atoms with E-state index in [4.69, 9.17) is 14.2 Å². The average molecular weight is 451 g/mol. The third-order valence-electron chi connectivity index (χ3n) is 5.74. The van der Waals surface area contributed by atoms with Crippen LogP contribution in [0.25, 0.3) is 0 Å². The summed E-state index contributed by atoms with van der Waals surface area (Å²) < 4.78 is 29.7. The van der Waals surface area contributed by atoms with Crippen molar-refractivity contribution < 1.29 is 23.4 Å². The molecule has 0 aromatic heterocycles. The number of ether oxygens (including phenoxy) is 3. The van der Waals surface area contributed by atoms with Gasteiger partial charge in [0, 0.05) is 43.0 Å². The van der Waals surface area contributed by atoms with E-state index in [2.05, 4.69) is 4.90 Å². The number of hydrogen-bond acceptors (Lipinski definition) is 5. The first-order valence-electron chi connectivity index (χ1n) is 10.8. The Balaban J connectivity index is 1.40. The SMILES string of the molecule is COc1ccc(OCc2cc(C(=O)N3CCN(c4ccc(F)cc4)CC3)ccc2OC)cc1. The van der Waals surface area contributed by atoms with E-state index in [1.54, 1.807) is 38.5 Å². The van der Waals surface area contributed by atoms with Crippen LogP contribution in [0.3, 0.4) is 0 Å². The van der Waals surface area contributed by atoms with Crippen LogP contribution in [-0.4, -0.2) is 51.2 Å². The fourth-order valence-electron chi connectivity index (χ4n) is 3.86. The summed E-state index contributed by atoms with van der Waals surface area (Å²) >= 11 is 0. The Bertz CT molecular complexity index is 1080. The van der Waals surface area contributed by atoms with Crippen LogP contribution in [0, 0.1) is 5.82 Å². The first kappa shape index (κ1) is 22.5. The number of carbonyl (C=O) groups is 1. The van der Waals surface area contributed by atoms with Gasteiger partial charge < -0.3 is 24.0 Å². The van der Waals surface area contributed by atoms with Gasteiger partial charge in [0.1, 0.15) is 29.7 Å². The predicted molar refractivity (Wildman–Crippen MR) is 125 cm³/mol. The molecule has 3 aromatic rings. The summed E-state index contributed by atoms with van der Waals surface area (Å²) in [7, 11) is 3.22. The van der Waals surface area contributed by atoms with Gasteiger partial charge in [0.25, 0.3) is 5.91 Å². The van der Waals surface area contributed by atoms with Gasteiger partial charge in [0.2, 0.25) is 0 Å². The Labute approximate surface area is 193 Å². The molecule has 6 nitrogen and oxygen atoms in total. The Kier molecular flexibility index (Phi) is 6.98. The summed E-state index contributed by atoms with van der Waals surface area (Å²) in [6, 6.07) is 19.2. The highest BCUT2D eigenvalue weighted by Crippen LogP contribution is 2.25. The Hall–Kier alpha value is -3.74. The summed E-state index contributed by atoms with van der Waals surface area (Å²) in [5.41, 5.74) is 2.36. The fourth-order valence-corrected chi connectivity index (χ4v) is 3.86. The Morgan fingerprint density at radius 1 is 0.848 bits per heavy atom. The molecule has 0 unspecified atom stereocenters. The maximum absolute atomic E-state index is 13.2. The van der Waals surface area contributed by atoms with Gasteiger partial charge in [0.15, 0.2) is 0 Å². The highest BCUT2D eigenvalue weighted by Gasteiger charge is 2.23. The molecule has 1 heterocycles. The van der Waals surface area contributed by atoms with Crippen LogP contribution in [0.1, 0.15) is 15.9 Å². The molecule has 1 aliphatic rings. The lowest BCUT2D eigenvalue weighted by atomic mass is 10.1. The predicted octanol–water partition coefficient (Wildman–Crippen LogP) is 4.38. The number of benzene rings is 3. The second kappa shape index (κ2) is 10.3. The normalized spacial score (nSPS) is 13.5. The smallest absolute Gasteiger partial charge is 0.253 e. The van der Waals surface area contributed by atoms with Crippen LogP contribution in [0.2, 0.25) is 0 Å². The third kappa shape index (κ3) is 5.37. The van der Waals surface area contributed by atoms with Gasteiger partial charge >= 0.3 is 0 Å². The zero-order valence-corrected chi connectivity index (χ0v) is 18.8. The molecule has 172 valence electrons. The monoisotopic (exact) mass is 450 g/mol. The molecule has 1 aliphatic heterocycles. The Morgan fingerprint density at radius 2 is 1.52 bits per heavy atom. The zero-order valence-electron chi connectivity index (χ0n) is 18.8. The van der Waals surface area contributed by atoms with Crippen molar-refractivity contribution in [1.82, 2.24) is 4.90 Å². The zero-order chi connectivity index (χ0) is 23.2. The molecule has 33 heavy (non-hydrogen) atoms. The fraction of sp³-hybridized carbons (Fsp3) is 0.269. The first-order valence-corrected chi connectivity index (χ1v) is 10.8. The van der Waals surface area contributed by atoms with Crippen molar-refractivity contribution in [3.63, 3.8) is 0 Å². The molecule has 4 rings (SSSR count). The number of amides is 1. The average Bonchev–Trinajstić information content (AvgIpc) is 2.87. The number of halogens is 1. The summed E-state index contributed by atoms with van der Waals surface area (Å²) in [4.78, 5) is 17.1. The molecular formula is C26H27FN2O4. The van der Waals surface area contributed by atoms with E-state index in [0.717, 1.165) is 17.0 Å². The largest absolute Gasteiger partial charge is 0.497 e. The minimum Gasteiger partial charge on any atom is -0.497 e. The molecule has 0 aliphatic carbocycles. The van der Waals surface area contributed by atoms with Crippen LogP contribution < -0.4 is 19.1 Å². The molecule has 0 spiro atoms. The number of rotatable bonds is 7. The molecular weight excluding hydrogens is 423 g/mol.